The van der Waals surface area contributed by atoms with Gasteiger partial charge in [-0.1, -0.05) is 72.8 Å². The minimum Gasteiger partial charge on any atom is -0.0619 e. The lowest BCUT2D eigenvalue weighted by Gasteiger charge is -2.08. The summed E-state index contributed by atoms with van der Waals surface area (Å²) >= 11 is 0. The first kappa shape index (κ1) is 12.5. The molecule has 0 heterocycles. The van der Waals surface area contributed by atoms with Crippen molar-refractivity contribution in [2.75, 3.05) is 0 Å². The molecule has 4 aromatic rings. The first-order valence-corrected chi connectivity index (χ1v) is 8.64. The van der Waals surface area contributed by atoms with Crippen molar-refractivity contribution in [3.63, 3.8) is 0 Å². The lowest BCUT2D eigenvalue weighted by molar-refractivity contribution is 1.24. The second kappa shape index (κ2) is 4.36. The molecular formula is C24H16. The van der Waals surface area contributed by atoms with Gasteiger partial charge in [-0.25, -0.2) is 0 Å². The van der Waals surface area contributed by atoms with Gasteiger partial charge in [0.1, 0.15) is 0 Å². The minimum atomic E-state index is 1.06. The van der Waals surface area contributed by atoms with Crippen LogP contribution in [0.15, 0.2) is 72.8 Å². The van der Waals surface area contributed by atoms with E-state index in [2.05, 4.69) is 72.8 Å². The van der Waals surface area contributed by atoms with Crippen molar-refractivity contribution >= 4 is 10.8 Å². The molecule has 0 radical (unpaired) electrons. The summed E-state index contributed by atoms with van der Waals surface area (Å²) < 4.78 is 0. The Morgan fingerprint density at radius 1 is 0.500 bits per heavy atom. The Morgan fingerprint density at radius 2 is 1.29 bits per heavy atom. The van der Waals surface area contributed by atoms with Crippen LogP contribution in [-0.2, 0) is 12.8 Å². The molecule has 0 fully saturated rings. The Bertz CT molecular complexity index is 1150. The Kier molecular flexibility index (Phi) is 2.28. The van der Waals surface area contributed by atoms with Gasteiger partial charge in [-0.3, -0.25) is 0 Å². The van der Waals surface area contributed by atoms with E-state index in [0.29, 0.717) is 0 Å². The molecule has 0 bridgehead atoms. The van der Waals surface area contributed by atoms with Crippen LogP contribution in [0.2, 0.25) is 0 Å². The van der Waals surface area contributed by atoms with Crippen LogP contribution in [-0.4, -0.2) is 0 Å². The van der Waals surface area contributed by atoms with Crippen molar-refractivity contribution in [3.05, 3.63) is 95.1 Å². The van der Waals surface area contributed by atoms with E-state index >= 15 is 0 Å². The maximum atomic E-state index is 2.35. The summed E-state index contributed by atoms with van der Waals surface area (Å²) in [7, 11) is 0. The maximum Gasteiger partial charge on any atom is -0.000101 e. The van der Waals surface area contributed by atoms with E-state index in [4.69, 9.17) is 0 Å². The van der Waals surface area contributed by atoms with E-state index < -0.39 is 0 Å². The van der Waals surface area contributed by atoms with Gasteiger partial charge in [0.25, 0.3) is 0 Å². The average molecular weight is 304 g/mol. The molecule has 0 N–H and O–H groups in total. The molecular weight excluding hydrogens is 288 g/mol. The Morgan fingerprint density at radius 3 is 2.29 bits per heavy atom. The summed E-state index contributed by atoms with van der Waals surface area (Å²) in [5, 5.41) is 2.76. The Labute approximate surface area is 141 Å². The summed E-state index contributed by atoms with van der Waals surface area (Å²) in [6.07, 6.45) is 2.14. The first-order chi connectivity index (χ1) is 11.9. The van der Waals surface area contributed by atoms with Crippen molar-refractivity contribution in [1.82, 2.24) is 0 Å². The smallest absolute Gasteiger partial charge is 0.000101 e. The normalized spacial score (nSPS) is 13.5. The van der Waals surface area contributed by atoms with Crippen LogP contribution in [0, 0.1) is 0 Å². The molecule has 4 aromatic carbocycles. The predicted molar refractivity (Wildman–Crippen MR) is 100 cm³/mol. The van der Waals surface area contributed by atoms with Crippen LogP contribution in [0.25, 0.3) is 33.0 Å². The van der Waals surface area contributed by atoms with Crippen LogP contribution >= 0.6 is 0 Å². The fraction of sp³-hybridized carbons (Fsp3) is 0.0833. The molecule has 0 unspecified atom stereocenters. The van der Waals surface area contributed by atoms with Crippen molar-refractivity contribution in [2.24, 2.45) is 0 Å². The fourth-order valence-electron chi connectivity index (χ4n) is 4.69. The number of rotatable bonds is 0. The third kappa shape index (κ3) is 1.48. The highest BCUT2D eigenvalue weighted by Crippen LogP contribution is 2.48. The molecule has 6 rings (SSSR count). The van der Waals surface area contributed by atoms with E-state index in [-0.39, 0.29) is 0 Å². The average Bonchev–Trinajstić information content (AvgIpc) is 3.19. The summed E-state index contributed by atoms with van der Waals surface area (Å²) in [4.78, 5) is 0. The number of hydrogen-bond donors (Lipinski definition) is 0. The van der Waals surface area contributed by atoms with Crippen molar-refractivity contribution in [3.8, 4) is 22.3 Å². The highest BCUT2D eigenvalue weighted by molar-refractivity contribution is 5.98. The molecule has 0 heteroatoms. The van der Waals surface area contributed by atoms with E-state index in [0.717, 1.165) is 12.8 Å². The van der Waals surface area contributed by atoms with Gasteiger partial charge in [0.15, 0.2) is 0 Å². The maximum absolute atomic E-state index is 2.35. The molecule has 2 aliphatic rings. The molecule has 0 atom stereocenters. The molecule has 0 nitrogen and oxygen atoms in total. The lowest BCUT2D eigenvalue weighted by Crippen LogP contribution is -1.89. The lowest BCUT2D eigenvalue weighted by atomic mass is 9.95. The van der Waals surface area contributed by atoms with Gasteiger partial charge in [0.05, 0.1) is 0 Å². The zero-order valence-corrected chi connectivity index (χ0v) is 13.3. The zero-order chi connectivity index (χ0) is 15.7. The Hall–Kier alpha value is -2.86. The third-order valence-electron chi connectivity index (χ3n) is 5.75. The molecule has 0 saturated heterocycles. The summed E-state index contributed by atoms with van der Waals surface area (Å²) in [6, 6.07) is 27.0. The van der Waals surface area contributed by atoms with Gasteiger partial charge in [-0.2, -0.15) is 0 Å². The summed E-state index contributed by atoms with van der Waals surface area (Å²) in [6.45, 7) is 0. The minimum absolute atomic E-state index is 1.06. The van der Waals surface area contributed by atoms with Gasteiger partial charge < -0.3 is 0 Å². The van der Waals surface area contributed by atoms with Crippen molar-refractivity contribution < 1.29 is 0 Å². The van der Waals surface area contributed by atoms with Crippen LogP contribution in [0.4, 0.5) is 0 Å². The van der Waals surface area contributed by atoms with Gasteiger partial charge in [-0.05, 0) is 68.1 Å². The van der Waals surface area contributed by atoms with Crippen LogP contribution in [0.1, 0.15) is 22.3 Å². The first-order valence-electron chi connectivity index (χ1n) is 8.64. The number of hydrogen-bond acceptors (Lipinski definition) is 0. The quantitative estimate of drug-likeness (QED) is 0.324. The summed E-state index contributed by atoms with van der Waals surface area (Å²) in [5.41, 5.74) is 11.8. The van der Waals surface area contributed by atoms with Gasteiger partial charge in [0.2, 0.25) is 0 Å². The number of fused-ring (bicyclic) bond motifs is 9. The van der Waals surface area contributed by atoms with E-state index in [1.165, 1.54) is 55.3 Å². The van der Waals surface area contributed by atoms with Gasteiger partial charge in [0, 0.05) is 0 Å². The van der Waals surface area contributed by atoms with Crippen molar-refractivity contribution in [2.45, 2.75) is 12.8 Å². The monoisotopic (exact) mass is 304 g/mol. The van der Waals surface area contributed by atoms with E-state index in [9.17, 15) is 0 Å². The van der Waals surface area contributed by atoms with Gasteiger partial charge >= 0.3 is 0 Å². The van der Waals surface area contributed by atoms with Gasteiger partial charge in [-0.15, -0.1) is 0 Å². The zero-order valence-electron chi connectivity index (χ0n) is 13.3. The standard InChI is InChI=1S/C24H16/c1-3-7-18-15(5-1)9-11-20-21-12-10-17-13-16-6-2-4-8-19(16)24(17)23(21)14-22(18)20/h1-12H,13-14H2. The SMILES string of the molecule is c1ccc2c(c1)Cc1ccc3c(c1-2)Cc1c-3ccc2ccccc12. The molecule has 0 aliphatic heterocycles. The highest BCUT2D eigenvalue weighted by Gasteiger charge is 2.28. The van der Waals surface area contributed by atoms with E-state index in [1.54, 1.807) is 0 Å². The summed E-state index contributed by atoms with van der Waals surface area (Å²) in [5.74, 6) is 0. The molecule has 0 spiro atoms. The highest BCUT2D eigenvalue weighted by atomic mass is 14.3. The topological polar surface area (TPSA) is 0 Å². The number of benzene rings is 4. The van der Waals surface area contributed by atoms with Crippen LogP contribution in [0.3, 0.4) is 0 Å². The Balaban J connectivity index is 1.67. The molecule has 0 amide bonds. The van der Waals surface area contributed by atoms with Crippen LogP contribution < -0.4 is 0 Å². The second-order valence-electron chi connectivity index (χ2n) is 6.95. The third-order valence-corrected chi connectivity index (χ3v) is 5.75. The predicted octanol–water partition coefficient (Wildman–Crippen LogP) is 5.98. The molecule has 2 aliphatic carbocycles. The molecule has 0 saturated carbocycles. The van der Waals surface area contributed by atoms with E-state index in [1.807, 2.05) is 0 Å². The van der Waals surface area contributed by atoms with Crippen LogP contribution in [0.5, 0.6) is 0 Å². The van der Waals surface area contributed by atoms with Crippen molar-refractivity contribution in [1.29, 1.82) is 0 Å². The largest absolute Gasteiger partial charge is 0.0619 e. The fourth-order valence-corrected chi connectivity index (χ4v) is 4.69. The molecule has 112 valence electrons. The second-order valence-corrected chi connectivity index (χ2v) is 6.95. The molecule has 24 heavy (non-hydrogen) atoms. The molecule has 0 aromatic heterocycles.